The van der Waals surface area contributed by atoms with E-state index < -0.39 is 0 Å². The topological polar surface area (TPSA) is 58.7 Å². The van der Waals surface area contributed by atoms with Crippen LogP contribution in [0.3, 0.4) is 0 Å². The number of aryl methyl sites for hydroxylation is 1. The van der Waals surface area contributed by atoms with Crippen molar-refractivity contribution in [3.63, 3.8) is 0 Å². The van der Waals surface area contributed by atoms with Crippen LogP contribution in [0.15, 0.2) is 45.9 Å². The van der Waals surface area contributed by atoms with Crippen LogP contribution in [-0.2, 0) is 6.54 Å². The summed E-state index contributed by atoms with van der Waals surface area (Å²) in [6.07, 6.45) is 0. The van der Waals surface area contributed by atoms with Gasteiger partial charge in [-0.2, -0.15) is 4.99 Å². The van der Waals surface area contributed by atoms with E-state index >= 15 is 0 Å². The van der Waals surface area contributed by atoms with E-state index in [1.165, 1.54) is 0 Å². The lowest BCUT2D eigenvalue weighted by Gasteiger charge is -2.23. The van der Waals surface area contributed by atoms with E-state index in [2.05, 4.69) is 20.9 Å². The number of thiophene rings is 1. The Hall–Kier alpha value is -1.66. The number of amidine groups is 1. The van der Waals surface area contributed by atoms with Gasteiger partial charge in [0.05, 0.1) is 0 Å². The van der Waals surface area contributed by atoms with Gasteiger partial charge < -0.3 is 10.6 Å². The average Bonchev–Trinajstić information content (AvgIpc) is 2.91. The molecule has 2 amide bonds. The van der Waals surface area contributed by atoms with E-state index in [9.17, 15) is 4.79 Å². The second-order valence-electron chi connectivity index (χ2n) is 4.89. The Bertz CT molecular complexity index is 691. The molecule has 1 atom stereocenters. The molecule has 0 fully saturated rings. The second kappa shape index (κ2) is 5.61. The van der Waals surface area contributed by atoms with Gasteiger partial charge in [0.1, 0.15) is 11.9 Å². The number of nitrogens with zero attached hydrogens (tertiary/aromatic N) is 2. The number of urea groups is 1. The molecule has 0 saturated carbocycles. The van der Waals surface area contributed by atoms with Crippen molar-refractivity contribution in [2.75, 3.05) is 0 Å². The minimum atomic E-state index is -0.275. The fraction of sp³-hybridized carbons (Fsp3) is 0.200. The molecular formula is C15H14BrN3OS. The average molecular weight is 364 g/mol. The minimum absolute atomic E-state index is 0.271. The highest BCUT2D eigenvalue weighted by Gasteiger charge is 2.35. The Morgan fingerprint density at radius 2 is 2.10 bits per heavy atom. The van der Waals surface area contributed by atoms with Crippen LogP contribution in [0.2, 0.25) is 0 Å². The van der Waals surface area contributed by atoms with Crippen LogP contribution in [0.4, 0.5) is 4.79 Å². The summed E-state index contributed by atoms with van der Waals surface area (Å²) >= 11 is 5.14. The van der Waals surface area contributed by atoms with Crippen molar-refractivity contribution in [2.24, 2.45) is 10.7 Å². The Morgan fingerprint density at radius 3 is 2.71 bits per heavy atom. The van der Waals surface area contributed by atoms with Crippen molar-refractivity contribution in [1.82, 2.24) is 4.90 Å². The first-order valence-corrected chi connectivity index (χ1v) is 8.11. The highest BCUT2D eigenvalue weighted by atomic mass is 79.9. The van der Waals surface area contributed by atoms with Crippen molar-refractivity contribution in [3.8, 4) is 0 Å². The number of benzene rings is 1. The largest absolute Gasteiger partial charge is 0.385 e. The maximum Gasteiger partial charge on any atom is 0.346 e. The molecule has 21 heavy (non-hydrogen) atoms. The van der Waals surface area contributed by atoms with Gasteiger partial charge >= 0.3 is 6.03 Å². The molecule has 0 spiro atoms. The molecule has 0 saturated heterocycles. The monoisotopic (exact) mass is 363 g/mol. The van der Waals surface area contributed by atoms with Crippen molar-refractivity contribution in [3.05, 3.63) is 56.2 Å². The molecule has 1 aromatic heterocycles. The summed E-state index contributed by atoms with van der Waals surface area (Å²) in [6, 6.07) is 11.3. The number of carbonyl (C=O) groups is 1. The van der Waals surface area contributed by atoms with E-state index in [0.29, 0.717) is 12.4 Å². The van der Waals surface area contributed by atoms with Crippen molar-refractivity contribution < 1.29 is 4.79 Å². The van der Waals surface area contributed by atoms with E-state index in [1.807, 2.05) is 43.3 Å². The van der Waals surface area contributed by atoms with Gasteiger partial charge in [-0.25, -0.2) is 4.79 Å². The van der Waals surface area contributed by atoms with Gasteiger partial charge in [-0.05, 0) is 34.5 Å². The quantitative estimate of drug-likeness (QED) is 0.899. The number of halogens is 1. The highest BCUT2D eigenvalue weighted by Crippen LogP contribution is 2.36. The summed E-state index contributed by atoms with van der Waals surface area (Å²) in [6.45, 7) is 2.53. The molecule has 0 bridgehead atoms. The molecule has 1 aliphatic rings. The molecule has 6 heteroatoms. The summed E-state index contributed by atoms with van der Waals surface area (Å²) in [4.78, 5) is 20.0. The van der Waals surface area contributed by atoms with Crippen molar-refractivity contribution in [1.29, 1.82) is 0 Å². The maximum atomic E-state index is 12.1. The summed E-state index contributed by atoms with van der Waals surface area (Å²) in [5.74, 6) is 0.365. The van der Waals surface area contributed by atoms with Crippen molar-refractivity contribution >= 4 is 39.1 Å². The third-order valence-corrected chi connectivity index (χ3v) is 5.59. The lowest BCUT2D eigenvalue weighted by molar-refractivity contribution is 0.204. The predicted molar refractivity (Wildman–Crippen MR) is 88.5 cm³/mol. The third kappa shape index (κ3) is 2.73. The summed E-state index contributed by atoms with van der Waals surface area (Å²) < 4.78 is 1.04. The van der Waals surface area contributed by atoms with Crippen LogP contribution in [-0.4, -0.2) is 16.8 Å². The maximum absolute atomic E-state index is 12.1. The van der Waals surface area contributed by atoms with E-state index in [4.69, 9.17) is 5.73 Å². The van der Waals surface area contributed by atoms with E-state index in [-0.39, 0.29) is 12.1 Å². The number of amides is 2. The van der Waals surface area contributed by atoms with Gasteiger partial charge in [0.15, 0.2) is 0 Å². The highest BCUT2D eigenvalue weighted by molar-refractivity contribution is 9.10. The zero-order valence-electron chi connectivity index (χ0n) is 11.4. The summed E-state index contributed by atoms with van der Waals surface area (Å²) in [5, 5.41) is 0. The molecule has 4 nitrogen and oxygen atoms in total. The second-order valence-corrected chi connectivity index (χ2v) is 7.03. The molecule has 2 aromatic rings. The van der Waals surface area contributed by atoms with Gasteiger partial charge in [-0.15, -0.1) is 11.3 Å². The Morgan fingerprint density at radius 1 is 1.38 bits per heavy atom. The smallest absolute Gasteiger partial charge is 0.346 e. The Balaban J connectivity index is 1.92. The van der Waals surface area contributed by atoms with Crippen LogP contribution < -0.4 is 5.73 Å². The first kappa shape index (κ1) is 14.3. The third-order valence-electron chi connectivity index (χ3n) is 3.40. The van der Waals surface area contributed by atoms with Gasteiger partial charge in [-0.3, -0.25) is 0 Å². The van der Waals surface area contributed by atoms with E-state index in [0.717, 1.165) is 19.8 Å². The zero-order chi connectivity index (χ0) is 15.0. The molecule has 2 N–H and O–H groups in total. The van der Waals surface area contributed by atoms with E-state index in [1.54, 1.807) is 16.2 Å². The number of rotatable bonds is 3. The Labute approximate surface area is 135 Å². The number of nitrogens with two attached hydrogens (primary N) is 1. The standard InChI is InChI=1S/C15H14BrN3OS/c1-9-11(16)7-12(21-9)13-14(17)18-15(20)19(13)8-10-5-3-2-4-6-10/h2-7,13H,8H2,1H3,(H2,17,18,20). The first-order chi connectivity index (χ1) is 10.1. The molecule has 2 heterocycles. The molecule has 3 rings (SSSR count). The lowest BCUT2D eigenvalue weighted by Crippen LogP contribution is -2.32. The molecule has 1 aliphatic heterocycles. The molecule has 0 aliphatic carbocycles. The Kier molecular flexibility index (Phi) is 3.82. The number of aliphatic imine (C=N–C) groups is 1. The minimum Gasteiger partial charge on any atom is -0.385 e. The van der Waals surface area contributed by atoms with Crippen LogP contribution >= 0.6 is 27.3 Å². The molecule has 1 aromatic carbocycles. The van der Waals surface area contributed by atoms with Crippen LogP contribution in [0, 0.1) is 6.92 Å². The SMILES string of the molecule is Cc1sc(C2C(N)=NC(=O)N2Cc2ccccc2)cc1Br. The summed E-state index contributed by atoms with van der Waals surface area (Å²) in [7, 11) is 0. The molecule has 108 valence electrons. The van der Waals surface area contributed by atoms with Crippen LogP contribution in [0.5, 0.6) is 0 Å². The first-order valence-electron chi connectivity index (χ1n) is 6.50. The van der Waals surface area contributed by atoms with Crippen LogP contribution in [0.1, 0.15) is 21.4 Å². The van der Waals surface area contributed by atoms with Gasteiger partial charge in [0.2, 0.25) is 0 Å². The number of carbonyl (C=O) groups excluding carboxylic acids is 1. The molecular weight excluding hydrogens is 350 g/mol. The summed E-state index contributed by atoms with van der Waals surface area (Å²) in [5.41, 5.74) is 7.05. The van der Waals surface area contributed by atoms with Gasteiger partial charge in [-0.1, -0.05) is 30.3 Å². The van der Waals surface area contributed by atoms with Gasteiger partial charge in [0.25, 0.3) is 0 Å². The predicted octanol–water partition coefficient (Wildman–Crippen LogP) is 3.85. The fourth-order valence-corrected chi connectivity index (χ4v) is 4.05. The zero-order valence-corrected chi connectivity index (χ0v) is 13.8. The van der Waals surface area contributed by atoms with Crippen molar-refractivity contribution in [2.45, 2.75) is 19.5 Å². The van der Waals surface area contributed by atoms with Gasteiger partial charge in [0, 0.05) is 20.8 Å². The fourth-order valence-electron chi connectivity index (χ4n) is 2.36. The normalized spacial score (nSPS) is 18.2. The molecule has 0 radical (unpaired) electrons. The number of hydrogen-bond acceptors (Lipinski definition) is 3. The van der Waals surface area contributed by atoms with Crippen LogP contribution in [0.25, 0.3) is 0 Å². The lowest BCUT2D eigenvalue weighted by atomic mass is 10.1. The number of hydrogen-bond donors (Lipinski definition) is 1. The molecule has 1 unspecified atom stereocenters.